The van der Waals surface area contributed by atoms with Gasteiger partial charge in [-0.05, 0) is 6.42 Å². The molecule has 78 valence electrons. The Balaban J connectivity index is 3.11. The van der Waals surface area contributed by atoms with Crippen molar-refractivity contribution in [2.24, 2.45) is 0 Å². The van der Waals surface area contributed by atoms with Crippen LogP contribution < -0.4 is 5.32 Å². The normalized spacial score (nSPS) is 10.0. The topological polar surface area (TPSA) is 58.6 Å². The first-order chi connectivity index (χ1) is 6.31. The third-order valence-electron chi connectivity index (χ3n) is 1.56. The van der Waals surface area contributed by atoms with E-state index in [1.807, 2.05) is 0 Å². The van der Waals surface area contributed by atoms with Crippen molar-refractivity contribution in [1.29, 1.82) is 0 Å². The summed E-state index contributed by atoms with van der Waals surface area (Å²) in [6.07, 6.45) is 2.48. The van der Waals surface area contributed by atoms with E-state index < -0.39 is 0 Å². The van der Waals surface area contributed by atoms with Gasteiger partial charge in [-0.3, -0.25) is 4.79 Å². The second-order valence-electron chi connectivity index (χ2n) is 2.79. The minimum atomic E-state index is 0.0114. The monoisotopic (exact) mass is 189 g/mol. The van der Waals surface area contributed by atoms with Crippen molar-refractivity contribution >= 4 is 5.91 Å². The zero-order valence-corrected chi connectivity index (χ0v) is 8.21. The molecule has 0 aliphatic carbocycles. The van der Waals surface area contributed by atoms with E-state index in [4.69, 9.17) is 9.84 Å². The Morgan fingerprint density at radius 3 is 2.85 bits per heavy atom. The average molecular weight is 189 g/mol. The van der Waals surface area contributed by atoms with Gasteiger partial charge in [-0.1, -0.05) is 13.3 Å². The molecular formula is C9H19NO3. The lowest BCUT2D eigenvalue weighted by atomic mass is 10.3. The molecule has 0 rings (SSSR count). The number of hydrogen-bond donors (Lipinski definition) is 2. The summed E-state index contributed by atoms with van der Waals surface area (Å²) >= 11 is 0. The van der Waals surface area contributed by atoms with Gasteiger partial charge in [0.05, 0.1) is 19.8 Å². The first-order valence-electron chi connectivity index (χ1n) is 4.76. The molecule has 1 amide bonds. The van der Waals surface area contributed by atoms with E-state index in [0.717, 1.165) is 19.4 Å². The maximum atomic E-state index is 11.0. The molecule has 0 aromatic rings. The Hall–Kier alpha value is -0.610. The molecule has 0 aliphatic rings. The smallest absolute Gasteiger partial charge is 0.222 e. The van der Waals surface area contributed by atoms with Crippen molar-refractivity contribution < 1.29 is 14.6 Å². The van der Waals surface area contributed by atoms with Crippen LogP contribution >= 0.6 is 0 Å². The molecule has 0 atom stereocenters. The lowest BCUT2D eigenvalue weighted by Crippen LogP contribution is -2.25. The minimum Gasteiger partial charge on any atom is -0.394 e. The van der Waals surface area contributed by atoms with Crippen molar-refractivity contribution in [1.82, 2.24) is 5.32 Å². The maximum Gasteiger partial charge on any atom is 0.222 e. The van der Waals surface area contributed by atoms with Crippen LogP contribution in [0.25, 0.3) is 0 Å². The molecule has 0 aromatic carbocycles. The van der Waals surface area contributed by atoms with Crippen LogP contribution in [0.1, 0.15) is 26.2 Å². The molecule has 0 bridgehead atoms. The average Bonchev–Trinajstić information content (AvgIpc) is 2.13. The highest BCUT2D eigenvalue weighted by Gasteiger charge is 1.98. The Bertz CT molecular complexity index is 128. The molecule has 13 heavy (non-hydrogen) atoms. The van der Waals surface area contributed by atoms with Crippen molar-refractivity contribution in [3.8, 4) is 0 Å². The van der Waals surface area contributed by atoms with E-state index in [-0.39, 0.29) is 12.5 Å². The number of rotatable bonds is 8. The Kier molecular flexibility index (Phi) is 9.03. The molecule has 0 aliphatic heterocycles. The van der Waals surface area contributed by atoms with Crippen LogP contribution in [0, 0.1) is 0 Å². The quantitative estimate of drug-likeness (QED) is 0.540. The van der Waals surface area contributed by atoms with Crippen molar-refractivity contribution in [2.75, 3.05) is 26.4 Å². The van der Waals surface area contributed by atoms with Crippen LogP contribution in [-0.2, 0) is 9.53 Å². The van der Waals surface area contributed by atoms with Crippen LogP contribution in [-0.4, -0.2) is 37.4 Å². The number of aliphatic hydroxyl groups excluding tert-OH is 1. The van der Waals surface area contributed by atoms with Gasteiger partial charge < -0.3 is 15.2 Å². The van der Waals surface area contributed by atoms with E-state index in [1.54, 1.807) is 0 Å². The van der Waals surface area contributed by atoms with Crippen LogP contribution in [0.3, 0.4) is 0 Å². The summed E-state index contributed by atoms with van der Waals surface area (Å²) < 4.78 is 4.95. The predicted octanol–water partition coefficient (Wildman–Crippen LogP) is 0.302. The third-order valence-corrected chi connectivity index (χ3v) is 1.56. The zero-order chi connectivity index (χ0) is 9.94. The first-order valence-corrected chi connectivity index (χ1v) is 4.76. The van der Waals surface area contributed by atoms with Gasteiger partial charge in [0.15, 0.2) is 0 Å². The Labute approximate surface area is 79.3 Å². The minimum absolute atomic E-state index is 0.0114. The summed E-state index contributed by atoms with van der Waals surface area (Å²) in [6, 6.07) is 0. The van der Waals surface area contributed by atoms with Crippen LogP contribution in [0.4, 0.5) is 0 Å². The number of amides is 1. The van der Waals surface area contributed by atoms with Gasteiger partial charge in [-0.25, -0.2) is 0 Å². The molecular weight excluding hydrogens is 170 g/mol. The van der Waals surface area contributed by atoms with Crippen molar-refractivity contribution in [2.45, 2.75) is 26.2 Å². The lowest BCUT2D eigenvalue weighted by Gasteiger charge is -2.04. The molecule has 0 spiro atoms. The second kappa shape index (κ2) is 9.48. The number of carbonyl (C=O) groups excluding carboxylic acids is 1. The van der Waals surface area contributed by atoms with Crippen LogP contribution in [0.15, 0.2) is 0 Å². The third kappa shape index (κ3) is 9.30. The van der Waals surface area contributed by atoms with Gasteiger partial charge in [0.2, 0.25) is 5.91 Å². The van der Waals surface area contributed by atoms with Gasteiger partial charge >= 0.3 is 0 Å². The summed E-state index contributed by atoms with van der Waals surface area (Å²) in [5, 5.41) is 11.2. The number of carbonyl (C=O) groups is 1. The molecule has 4 nitrogen and oxygen atoms in total. The molecule has 4 heteroatoms. The largest absolute Gasteiger partial charge is 0.394 e. The highest BCUT2D eigenvalue weighted by atomic mass is 16.5. The fourth-order valence-electron chi connectivity index (χ4n) is 0.824. The second-order valence-corrected chi connectivity index (χ2v) is 2.79. The van der Waals surface area contributed by atoms with Crippen molar-refractivity contribution in [3.05, 3.63) is 0 Å². The van der Waals surface area contributed by atoms with E-state index in [0.29, 0.717) is 19.6 Å². The summed E-state index contributed by atoms with van der Waals surface area (Å²) in [4.78, 5) is 11.0. The fraction of sp³-hybridized carbons (Fsp3) is 0.889. The number of unbranched alkanes of at least 4 members (excludes halogenated alkanes) is 1. The predicted molar refractivity (Wildman–Crippen MR) is 50.4 cm³/mol. The fourth-order valence-corrected chi connectivity index (χ4v) is 0.824. The van der Waals surface area contributed by atoms with Gasteiger partial charge in [-0.15, -0.1) is 0 Å². The SMILES string of the molecule is CCCCNC(=O)CCOCCO. The summed E-state index contributed by atoms with van der Waals surface area (Å²) in [5.74, 6) is 0.0198. The van der Waals surface area contributed by atoms with Gasteiger partial charge in [0.25, 0.3) is 0 Å². The summed E-state index contributed by atoms with van der Waals surface area (Å²) in [7, 11) is 0. The molecule has 0 saturated heterocycles. The molecule has 0 fully saturated rings. The van der Waals surface area contributed by atoms with E-state index in [2.05, 4.69) is 12.2 Å². The molecule has 0 aromatic heterocycles. The van der Waals surface area contributed by atoms with Crippen molar-refractivity contribution in [3.63, 3.8) is 0 Å². The molecule has 0 radical (unpaired) electrons. The standard InChI is InChI=1S/C9H19NO3/c1-2-3-5-10-9(12)4-7-13-8-6-11/h11H,2-8H2,1H3,(H,10,12). The number of ether oxygens (including phenoxy) is 1. The van der Waals surface area contributed by atoms with E-state index in [1.165, 1.54) is 0 Å². The Morgan fingerprint density at radius 2 is 2.23 bits per heavy atom. The maximum absolute atomic E-state index is 11.0. The zero-order valence-electron chi connectivity index (χ0n) is 8.21. The van der Waals surface area contributed by atoms with Gasteiger partial charge in [0.1, 0.15) is 0 Å². The molecule has 0 saturated carbocycles. The van der Waals surface area contributed by atoms with Crippen LogP contribution in [0.5, 0.6) is 0 Å². The summed E-state index contributed by atoms with van der Waals surface area (Å²) in [6.45, 7) is 3.53. The molecule has 2 N–H and O–H groups in total. The highest BCUT2D eigenvalue weighted by molar-refractivity contribution is 5.75. The molecule has 0 heterocycles. The van der Waals surface area contributed by atoms with Crippen LogP contribution in [0.2, 0.25) is 0 Å². The number of aliphatic hydroxyl groups is 1. The number of hydrogen-bond acceptors (Lipinski definition) is 3. The number of nitrogens with one attached hydrogen (secondary N) is 1. The van der Waals surface area contributed by atoms with Gasteiger partial charge in [-0.2, -0.15) is 0 Å². The van der Waals surface area contributed by atoms with Gasteiger partial charge in [0, 0.05) is 13.0 Å². The highest BCUT2D eigenvalue weighted by Crippen LogP contribution is 1.86. The van der Waals surface area contributed by atoms with E-state index >= 15 is 0 Å². The van der Waals surface area contributed by atoms with E-state index in [9.17, 15) is 4.79 Å². The first kappa shape index (κ1) is 12.4. The summed E-state index contributed by atoms with van der Waals surface area (Å²) in [5.41, 5.74) is 0. The lowest BCUT2D eigenvalue weighted by molar-refractivity contribution is -0.122. The molecule has 0 unspecified atom stereocenters. The Morgan fingerprint density at radius 1 is 1.46 bits per heavy atom.